The van der Waals surface area contributed by atoms with Crippen LogP contribution in [0.25, 0.3) is 0 Å². The van der Waals surface area contributed by atoms with Gasteiger partial charge in [-0.05, 0) is 43.7 Å². The van der Waals surface area contributed by atoms with Crippen LogP contribution in [0, 0.1) is 5.41 Å². The zero-order chi connectivity index (χ0) is 23.8. The number of carbonyl (C=O) groups is 2. The van der Waals surface area contributed by atoms with Crippen LogP contribution in [0.1, 0.15) is 40.1 Å². The average Bonchev–Trinajstić information content (AvgIpc) is 3.25. The quantitative estimate of drug-likeness (QED) is 0.579. The number of carbonyl (C=O) groups excluding carboxylic acids is 2. The molecular weight excluding hydrogens is 452 g/mol. The van der Waals surface area contributed by atoms with Gasteiger partial charge in [0.2, 0.25) is 0 Å². The van der Waals surface area contributed by atoms with Crippen LogP contribution in [-0.2, 0) is 12.6 Å². The van der Waals surface area contributed by atoms with Crippen LogP contribution in [0.4, 0.5) is 11.4 Å². The maximum Gasteiger partial charge on any atom is 0.259 e. The van der Waals surface area contributed by atoms with Crippen LogP contribution in [0.2, 0.25) is 5.02 Å². The number of anilines is 2. The monoisotopic (exact) mass is 476 g/mol. The van der Waals surface area contributed by atoms with Crippen LogP contribution >= 0.6 is 11.6 Å². The molecule has 1 spiro atoms. The third kappa shape index (κ3) is 3.05. The lowest BCUT2D eigenvalue weighted by atomic mass is 9.72. The predicted molar refractivity (Wildman–Crippen MR) is 129 cm³/mol. The van der Waals surface area contributed by atoms with E-state index >= 15 is 0 Å². The number of aryl methyl sites for hydroxylation is 1. The Morgan fingerprint density at radius 2 is 1.76 bits per heavy atom. The summed E-state index contributed by atoms with van der Waals surface area (Å²) >= 11 is 6.22. The first-order valence-corrected chi connectivity index (χ1v) is 11.7. The van der Waals surface area contributed by atoms with Gasteiger partial charge in [0, 0.05) is 55.4 Å². The highest BCUT2D eigenvalue weighted by Gasteiger charge is 2.53. The zero-order valence-electron chi connectivity index (χ0n) is 19.3. The summed E-state index contributed by atoms with van der Waals surface area (Å²) in [5, 5.41) is 4.72. The van der Waals surface area contributed by atoms with Crippen LogP contribution in [0.15, 0.2) is 49.1 Å². The fourth-order valence-electron chi connectivity index (χ4n) is 5.62. The van der Waals surface area contributed by atoms with Gasteiger partial charge in [-0.1, -0.05) is 11.6 Å². The number of aromatic nitrogens is 3. The summed E-state index contributed by atoms with van der Waals surface area (Å²) in [5.41, 5.74) is 3.58. The minimum atomic E-state index is -0.533. The predicted octanol–water partition coefficient (Wildman–Crippen LogP) is 3.33. The molecule has 8 nitrogen and oxygen atoms in total. The van der Waals surface area contributed by atoms with Crippen molar-refractivity contribution in [1.82, 2.24) is 19.7 Å². The van der Waals surface area contributed by atoms with Gasteiger partial charge in [-0.3, -0.25) is 24.2 Å². The van der Waals surface area contributed by atoms with Crippen LogP contribution in [0.5, 0.6) is 0 Å². The summed E-state index contributed by atoms with van der Waals surface area (Å²) < 4.78 is 1.65. The smallest absolute Gasteiger partial charge is 0.259 e. The van der Waals surface area contributed by atoms with E-state index < -0.39 is 5.54 Å². The number of nitrogens with zero attached hydrogens (tertiary/aromatic N) is 6. The fraction of sp³-hybridized carbons (Fsp3) is 0.360. The third-order valence-corrected chi connectivity index (χ3v) is 7.55. The zero-order valence-corrected chi connectivity index (χ0v) is 20.1. The van der Waals surface area contributed by atoms with Crippen molar-refractivity contribution < 1.29 is 9.59 Å². The first-order valence-electron chi connectivity index (χ1n) is 11.3. The minimum absolute atomic E-state index is 0.0373. The van der Waals surface area contributed by atoms with Crippen molar-refractivity contribution in [3.8, 4) is 0 Å². The summed E-state index contributed by atoms with van der Waals surface area (Å²) in [5.74, 6) is -0.00506. The number of rotatable bonds is 3. The minimum Gasteiger partial charge on any atom is -0.369 e. The number of hydrogen-bond acceptors (Lipinski definition) is 5. The van der Waals surface area contributed by atoms with E-state index in [1.54, 1.807) is 40.3 Å². The van der Waals surface area contributed by atoms with E-state index in [4.69, 9.17) is 11.6 Å². The topological polar surface area (TPSA) is 74.6 Å². The molecule has 174 valence electrons. The second-order valence-corrected chi connectivity index (χ2v) is 10.6. The molecule has 0 bridgehead atoms. The molecule has 0 atom stereocenters. The van der Waals surface area contributed by atoms with Gasteiger partial charge in [0.25, 0.3) is 11.8 Å². The molecule has 5 heterocycles. The Bertz CT molecular complexity index is 1330. The number of halogens is 1. The van der Waals surface area contributed by atoms with E-state index in [1.807, 2.05) is 44.1 Å². The third-order valence-electron chi connectivity index (χ3n) is 7.31. The summed E-state index contributed by atoms with van der Waals surface area (Å²) in [7, 11) is 1.81. The molecule has 3 aliphatic rings. The molecule has 0 radical (unpaired) electrons. The number of hydrogen-bond donors (Lipinski definition) is 0. The van der Waals surface area contributed by atoms with E-state index in [2.05, 4.69) is 15.0 Å². The highest BCUT2D eigenvalue weighted by molar-refractivity contribution is 6.31. The lowest BCUT2D eigenvalue weighted by Gasteiger charge is -2.60. The van der Waals surface area contributed by atoms with Gasteiger partial charge >= 0.3 is 0 Å². The number of fused-ring (bicyclic) bond motifs is 1. The average molecular weight is 477 g/mol. The highest BCUT2D eigenvalue weighted by atomic mass is 35.5. The standard InChI is InChI=1S/C25H25ClN6O2/c1-24(2)21-6-17(26)4-5-20(21)23(34)32(24)19-7-18(9-27-10-19)30-12-25(13-30)14-31(15-25)22(33)16-8-28-29(3)11-16/h4-11H,12-15H2,1-3H3. The molecule has 2 amide bonds. The Kier molecular flexibility index (Phi) is 4.39. The molecular formula is C25H25ClN6O2. The van der Waals surface area contributed by atoms with Crippen molar-refractivity contribution >= 4 is 34.8 Å². The molecule has 2 fully saturated rings. The van der Waals surface area contributed by atoms with Gasteiger partial charge in [-0.15, -0.1) is 0 Å². The Balaban J connectivity index is 1.16. The van der Waals surface area contributed by atoms with Crippen molar-refractivity contribution in [1.29, 1.82) is 0 Å². The van der Waals surface area contributed by atoms with Gasteiger partial charge in [-0.25, -0.2) is 0 Å². The van der Waals surface area contributed by atoms with Crippen LogP contribution < -0.4 is 9.80 Å². The normalized spacial score (nSPS) is 19.8. The Morgan fingerprint density at radius 1 is 1.03 bits per heavy atom. The first kappa shape index (κ1) is 21.2. The van der Waals surface area contributed by atoms with Gasteiger partial charge in [0.1, 0.15) is 0 Å². The highest BCUT2D eigenvalue weighted by Crippen LogP contribution is 2.45. The van der Waals surface area contributed by atoms with Gasteiger partial charge in [0.15, 0.2) is 0 Å². The molecule has 0 saturated carbocycles. The summed E-state index contributed by atoms with van der Waals surface area (Å²) in [6, 6.07) is 7.46. The molecule has 0 aliphatic carbocycles. The maximum atomic E-state index is 13.3. The molecule has 6 rings (SSSR count). The molecule has 2 saturated heterocycles. The number of benzene rings is 1. The van der Waals surface area contributed by atoms with Crippen molar-refractivity contribution in [2.45, 2.75) is 19.4 Å². The molecule has 34 heavy (non-hydrogen) atoms. The Hall–Kier alpha value is -3.39. The Labute approximate surface area is 202 Å². The summed E-state index contributed by atoms with van der Waals surface area (Å²) in [6.07, 6.45) is 6.95. The van der Waals surface area contributed by atoms with E-state index in [9.17, 15) is 9.59 Å². The lowest BCUT2D eigenvalue weighted by Crippen LogP contribution is -2.73. The second-order valence-electron chi connectivity index (χ2n) is 10.2. The van der Waals surface area contributed by atoms with Crippen molar-refractivity contribution in [3.63, 3.8) is 0 Å². The second kappa shape index (κ2) is 7.06. The van der Waals surface area contributed by atoms with E-state index in [0.717, 1.165) is 43.1 Å². The van der Waals surface area contributed by atoms with Crippen molar-refractivity contribution in [2.24, 2.45) is 12.5 Å². The van der Waals surface area contributed by atoms with Crippen molar-refractivity contribution in [3.05, 3.63) is 70.8 Å². The molecule has 1 aromatic carbocycles. The molecule has 0 N–H and O–H groups in total. The molecule has 9 heteroatoms. The number of pyridine rings is 1. The summed E-state index contributed by atoms with van der Waals surface area (Å²) in [6.45, 7) is 7.28. The molecule has 2 aromatic heterocycles. The first-order chi connectivity index (χ1) is 16.2. The SMILES string of the molecule is Cn1cc(C(=O)N2CC3(C2)CN(c2cncc(N4C(=O)c5ccc(Cl)cc5C4(C)C)c2)C3)cn1. The molecule has 3 aliphatic heterocycles. The van der Waals surface area contributed by atoms with Crippen molar-refractivity contribution in [2.75, 3.05) is 36.0 Å². The number of likely N-dealkylation sites (tertiary alicyclic amines) is 1. The van der Waals surface area contributed by atoms with Gasteiger partial charge in [0.05, 0.1) is 41.1 Å². The lowest BCUT2D eigenvalue weighted by molar-refractivity contribution is -0.0105. The van der Waals surface area contributed by atoms with Crippen LogP contribution in [-0.4, -0.2) is 57.7 Å². The largest absolute Gasteiger partial charge is 0.369 e. The summed E-state index contributed by atoms with van der Waals surface area (Å²) in [4.78, 5) is 36.3. The maximum absolute atomic E-state index is 13.3. The fourth-order valence-corrected chi connectivity index (χ4v) is 5.79. The molecule has 0 unspecified atom stereocenters. The van der Waals surface area contributed by atoms with Gasteiger partial charge < -0.3 is 9.80 Å². The van der Waals surface area contributed by atoms with Crippen LogP contribution in [0.3, 0.4) is 0 Å². The van der Waals surface area contributed by atoms with Gasteiger partial charge in [-0.2, -0.15) is 5.10 Å². The Morgan fingerprint density at radius 3 is 2.47 bits per heavy atom. The number of amides is 2. The van der Waals surface area contributed by atoms with E-state index in [0.29, 0.717) is 16.1 Å². The van der Waals surface area contributed by atoms with E-state index in [-0.39, 0.29) is 17.2 Å². The molecule has 3 aromatic rings. The van der Waals surface area contributed by atoms with E-state index in [1.165, 1.54) is 0 Å².